The molecule has 1 aromatic carbocycles. The lowest BCUT2D eigenvalue weighted by atomic mass is 9.96. The summed E-state index contributed by atoms with van der Waals surface area (Å²) < 4.78 is 0. The highest BCUT2D eigenvalue weighted by atomic mass is 16.4. The third-order valence-electron chi connectivity index (χ3n) is 5.10. The lowest BCUT2D eigenvalue weighted by Gasteiger charge is -2.24. The van der Waals surface area contributed by atoms with Crippen molar-refractivity contribution < 1.29 is 9.90 Å². The van der Waals surface area contributed by atoms with E-state index < -0.39 is 5.97 Å². The van der Waals surface area contributed by atoms with Crippen molar-refractivity contribution in [2.45, 2.75) is 51.4 Å². The van der Waals surface area contributed by atoms with Crippen LogP contribution in [0.1, 0.15) is 56.1 Å². The zero-order valence-corrected chi connectivity index (χ0v) is 12.8. The van der Waals surface area contributed by atoms with Crippen LogP contribution in [0.3, 0.4) is 0 Å². The number of carboxylic acids is 1. The Balaban J connectivity index is 1.75. The molecule has 21 heavy (non-hydrogen) atoms. The van der Waals surface area contributed by atoms with Crippen LogP contribution in [-0.4, -0.2) is 24.2 Å². The molecule has 1 atom stereocenters. The fraction of sp³-hybridized carbons (Fsp3) is 0.611. The van der Waals surface area contributed by atoms with Crippen LogP contribution in [-0.2, 0) is 11.2 Å². The fourth-order valence-electron chi connectivity index (χ4n) is 3.84. The van der Waals surface area contributed by atoms with E-state index in [9.17, 15) is 4.79 Å². The molecule has 114 valence electrons. The Morgan fingerprint density at radius 1 is 1.38 bits per heavy atom. The van der Waals surface area contributed by atoms with Gasteiger partial charge in [0.25, 0.3) is 0 Å². The average Bonchev–Trinajstić information content (AvgIpc) is 3.08. The van der Waals surface area contributed by atoms with Crippen LogP contribution in [0.4, 0.5) is 5.69 Å². The molecule has 1 saturated carbocycles. The van der Waals surface area contributed by atoms with Crippen LogP contribution < -0.4 is 4.90 Å². The van der Waals surface area contributed by atoms with Crippen molar-refractivity contribution >= 4 is 11.7 Å². The molecule has 3 heteroatoms. The number of carboxylic acid groups (broad SMARTS) is 1. The lowest BCUT2D eigenvalue weighted by Crippen LogP contribution is -2.26. The van der Waals surface area contributed by atoms with Gasteiger partial charge in [0.2, 0.25) is 0 Å². The molecular weight excluding hydrogens is 262 g/mol. The number of fused-ring (bicyclic) bond motifs is 1. The summed E-state index contributed by atoms with van der Waals surface area (Å²) in [6.07, 6.45) is 6.88. The van der Waals surface area contributed by atoms with Gasteiger partial charge in [-0.15, -0.1) is 0 Å². The van der Waals surface area contributed by atoms with Crippen LogP contribution in [0.5, 0.6) is 0 Å². The molecule has 3 nitrogen and oxygen atoms in total. The van der Waals surface area contributed by atoms with Gasteiger partial charge in [-0.2, -0.15) is 0 Å². The highest BCUT2D eigenvalue weighted by Gasteiger charge is 2.25. The summed E-state index contributed by atoms with van der Waals surface area (Å²) in [4.78, 5) is 13.4. The van der Waals surface area contributed by atoms with Gasteiger partial charge in [0, 0.05) is 18.8 Å². The standard InChI is InChI=1S/C18H25NO2/c1-13(10-18(20)21)16-7-6-15-8-9-19(17(15)11-16)12-14-4-2-3-5-14/h6-7,11,13-14H,2-5,8-10,12H2,1H3,(H,20,21). The van der Waals surface area contributed by atoms with Crippen LogP contribution in [0.2, 0.25) is 0 Å². The molecule has 1 N–H and O–H groups in total. The first kappa shape index (κ1) is 14.4. The number of aliphatic carboxylic acids is 1. The van der Waals surface area contributed by atoms with E-state index in [-0.39, 0.29) is 12.3 Å². The Morgan fingerprint density at radius 3 is 2.86 bits per heavy atom. The number of hydrogen-bond acceptors (Lipinski definition) is 2. The minimum absolute atomic E-state index is 0.0849. The van der Waals surface area contributed by atoms with Crippen molar-refractivity contribution in [3.8, 4) is 0 Å². The number of rotatable bonds is 5. The fourth-order valence-corrected chi connectivity index (χ4v) is 3.84. The molecular formula is C18H25NO2. The molecule has 0 aromatic heterocycles. The number of anilines is 1. The van der Waals surface area contributed by atoms with E-state index in [0.717, 1.165) is 24.4 Å². The van der Waals surface area contributed by atoms with Crippen molar-refractivity contribution in [3.63, 3.8) is 0 Å². The Morgan fingerprint density at radius 2 is 2.14 bits per heavy atom. The van der Waals surface area contributed by atoms with Gasteiger partial charge >= 0.3 is 5.97 Å². The molecule has 1 aromatic rings. The minimum Gasteiger partial charge on any atom is -0.481 e. The summed E-state index contributed by atoms with van der Waals surface area (Å²) in [6.45, 7) is 4.32. The molecule has 0 amide bonds. The zero-order valence-electron chi connectivity index (χ0n) is 12.8. The van der Waals surface area contributed by atoms with Gasteiger partial charge in [0.1, 0.15) is 0 Å². The maximum absolute atomic E-state index is 10.9. The third-order valence-corrected chi connectivity index (χ3v) is 5.10. The summed E-state index contributed by atoms with van der Waals surface area (Å²) >= 11 is 0. The SMILES string of the molecule is CC(CC(=O)O)c1ccc2c(c1)N(CC1CCCC1)CC2. The largest absolute Gasteiger partial charge is 0.481 e. The van der Waals surface area contributed by atoms with Crippen molar-refractivity contribution in [2.75, 3.05) is 18.0 Å². The number of hydrogen-bond donors (Lipinski definition) is 1. The molecule has 2 aliphatic rings. The maximum atomic E-state index is 10.9. The normalized spacial score (nSPS) is 19.8. The smallest absolute Gasteiger partial charge is 0.303 e. The first-order valence-electron chi connectivity index (χ1n) is 8.23. The summed E-state index contributed by atoms with van der Waals surface area (Å²) in [5.41, 5.74) is 3.95. The molecule has 0 spiro atoms. The van der Waals surface area contributed by atoms with E-state index in [1.807, 2.05) is 6.92 Å². The van der Waals surface area contributed by atoms with Gasteiger partial charge in [-0.1, -0.05) is 31.9 Å². The summed E-state index contributed by atoms with van der Waals surface area (Å²) in [5.74, 6) is 0.226. The van der Waals surface area contributed by atoms with E-state index in [1.165, 1.54) is 43.5 Å². The maximum Gasteiger partial charge on any atom is 0.303 e. The molecule has 1 aliphatic carbocycles. The van der Waals surface area contributed by atoms with Crippen LogP contribution in [0.15, 0.2) is 18.2 Å². The average molecular weight is 287 g/mol. The van der Waals surface area contributed by atoms with Gasteiger partial charge < -0.3 is 10.0 Å². The number of nitrogens with zero attached hydrogens (tertiary/aromatic N) is 1. The van der Waals surface area contributed by atoms with Crippen molar-refractivity contribution in [1.82, 2.24) is 0 Å². The monoisotopic (exact) mass is 287 g/mol. The van der Waals surface area contributed by atoms with Crippen LogP contribution in [0.25, 0.3) is 0 Å². The molecule has 1 fully saturated rings. The highest BCUT2D eigenvalue weighted by Crippen LogP contribution is 2.35. The Kier molecular flexibility index (Phi) is 4.18. The quantitative estimate of drug-likeness (QED) is 0.895. The Bertz CT molecular complexity index is 520. The minimum atomic E-state index is -0.717. The van der Waals surface area contributed by atoms with Crippen LogP contribution >= 0.6 is 0 Å². The summed E-state index contributed by atoms with van der Waals surface area (Å²) in [7, 11) is 0. The molecule has 1 aliphatic heterocycles. The Hall–Kier alpha value is -1.51. The van der Waals surface area contributed by atoms with E-state index in [1.54, 1.807) is 0 Å². The van der Waals surface area contributed by atoms with Gasteiger partial charge in [-0.05, 0) is 48.3 Å². The molecule has 1 unspecified atom stereocenters. The Labute approximate surface area is 127 Å². The first-order valence-corrected chi connectivity index (χ1v) is 8.23. The number of carbonyl (C=O) groups is 1. The second-order valence-corrected chi connectivity index (χ2v) is 6.73. The molecule has 1 heterocycles. The summed E-state index contributed by atoms with van der Waals surface area (Å²) in [5, 5.41) is 8.97. The van der Waals surface area contributed by atoms with Gasteiger partial charge in [0.05, 0.1) is 6.42 Å². The third kappa shape index (κ3) is 3.22. The number of benzene rings is 1. The second-order valence-electron chi connectivity index (χ2n) is 6.73. The van der Waals surface area contributed by atoms with Crippen molar-refractivity contribution in [1.29, 1.82) is 0 Å². The topological polar surface area (TPSA) is 40.5 Å². The van der Waals surface area contributed by atoms with E-state index in [0.29, 0.717) is 0 Å². The van der Waals surface area contributed by atoms with Crippen molar-refractivity contribution in [3.05, 3.63) is 29.3 Å². The predicted octanol–water partition coefficient (Wildman–Crippen LogP) is 3.82. The van der Waals surface area contributed by atoms with Crippen molar-refractivity contribution in [2.24, 2.45) is 5.92 Å². The summed E-state index contributed by atoms with van der Waals surface area (Å²) in [6, 6.07) is 6.56. The predicted molar refractivity (Wildman–Crippen MR) is 85.0 cm³/mol. The van der Waals surface area contributed by atoms with E-state index >= 15 is 0 Å². The van der Waals surface area contributed by atoms with Gasteiger partial charge in [0.15, 0.2) is 0 Å². The molecule has 0 radical (unpaired) electrons. The van der Waals surface area contributed by atoms with Gasteiger partial charge in [-0.25, -0.2) is 0 Å². The zero-order chi connectivity index (χ0) is 14.8. The first-order chi connectivity index (χ1) is 10.1. The van der Waals surface area contributed by atoms with E-state index in [2.05, 4.69) is 23.1 Å². The van der Waals surface area contributed by atoms with Gasteiger partial charge in [-0.3, -0.25) is 4.79 Å². The van der Waals surface area contributed by atoms with Crippen LogP contribution in [0, 0.1) is 5.92 Å². The van der Waals surface area contributed by atoms with E-state index in [4.69, 9.17) is 5.11 Å². The molecule has 3 rings (SSSR count). The lowest BCUT2D eigenvalue weighted by molar-refractivity contribution is -0.137. The second kappa shape index (κ2) is 6.08. The highest BCUT2D eigenvalue weighted by molar-refractivity contribution is 5.68. The molecule has 0 bridgehead atoms. The molecule has 0 saturated heterocycles.